The summed E-state index contributed by atoms with van der Waals surface area (Å²) in [4.78, 5) is 15.7. The first-order valence-corrected chi connectivity index (χ1v) is 7.20. The minimum absolute atomic E-state index is 0.0690. The number of rotatable bonds is 3. The van der Waals surface area contributed by atoms with Gasteiger partial charge in [-0.3, -0.25) is 4.79 Å². The van der Waals surface area contributed by atoms with Crippen molar-refractivity contribution in [3.05, 3.63) is 29.0 Å². The average molecular weight is 271 g/mol. The molecule has 1 atom stereocenters. The number of nitrogens with one attached hydrogen (secondary N) is 1. The Labute approximate surface area is 110 Å². The van der Waals surface area contributed by atoms with Crippen LogP contribution < -0.4 is 5.32 Å². The van der Waals surface area contributed by atoms with E-state index >= 15 is 0 Å². The summed E-state index contributed by atoms with van der Waals surface area (Å²) in [6, 6.07) is 3.26. The summed E-state index contributed by atoms with van der Waals surface area (Å²) in [5, 5.41) is 3.86. The number of carbonyl (C=O) groups is 1. The summed E-state index contributed by atoms with van der Waals surface area (Å²) in [6.45, 7) is 0.740. The van der Waals surface area contributed by atoms with Crippen LogP contribution >= 0.6 is 23.4 Å². The predicted octanol–water partition coefficient (Wildman–Crippen LogP) is 2.75. The lowest BCUT2D eigenvalue weighted by Crippen LogP contribution is -2.31. The van der Waals surface area contributed by atoms with Gasteiger partial charge >= 0.3 is 0 Å². The number of aromatic nitrogens is 1. The molecule has 1 amide bonds. The van der Waals surface area contributed by atoms with E-state index in [9.17, 15) is 4.79 Å². The van der Waals surface area contributed by atoms with Crippen molar-refractivity contribution in [3.8, 4) is 0 Å². The van der Waals surface area contributed by atoms with Crippen LogP contribution in [0.5, 0.6) is 0 Å². The maximum Gasteiger partial charge on any atom is 0.251 e. The highest BCUT2D eigenvalue weighted by Gasteiger charge is 2.15. The van der Waals surface area contributed by atoms with Gasteiger partial charge in [0.1, 0.15) is 5.15 Å². The Morgan fingerprint density at radius 2 is 2.47 bits per heavy atom. The lowest BCUT2D eigenvalue weighted by atomic mass is 10.2. The van der Waals surface area contributed by atoms with E-state index in [1.54, 1.807) is 18.3 Å². The standard InChI is InChI=1S/C12H15ClN2OS/c13-11-7-9(4-5-14-11)12(16)15-8-10-3-1-2-6-17-10/h4-5,7,10H,1-3,6,8H2,(H,15,16). The van der Waals surface area contributed by atoms with Crippen molar-refractivity contribution in [1.29, 1.82) is 0 Å². The fraction of sp³-hybridized carbons (Fsp3) is 0.500. The monoisotopic (exact) mass is 270 g/mol. The number of pyridine rings is 1. The largest absolute Gasteiger partial charge is 0.351 e. The van der Waals surface area contributed by atoms with Crippen molar-refractivity contribution in [2.75, 3.05) is 12.3 Å². The van der Waals surface area contributed by atoms with Gasteiger partial charge in [0.05, 0.1) is 0 Å². The molecule has 0 bridgehead atoms. The van der Waals surface area contributed by atoms with E-state index in [0.717, 1.165) is 6.54 Å². The van der Waals surface area contributed by atoms with Gasteiger partial charge in [-0.15, -0.1) is 0 Å². The Balaban J connectivity index is 1.84. The van der Waals surface area contributed by atoms with Crippen molar-refractivity contribution in [3.63, 3.8) is 0 Å². The molecule has 3 nitrogen and oxygen atoms in total. The third kappa shape index (κ3) is 3.89. The zero-order valence-electron chi connectivity index (χ0n) is 9.49. The molecule has 2 heterocycles. The number of carbonyl (C=O) groups excluding carboxylic acids is 1. The fourth-order valence-corrected chi connectivity index (χ4v) is 3.23. The van der Waals surface area contributed by atoms with E-state index < -0.39 is 0 Å². The second kappa shape index (κ2) is 6.26. The maximum absolute atomic E-state index is 11.8. The molecule has 0 aromatic carbocycles. The quantitative estimate of drug-likeness (QED) is 0.859. The number of nitrogens with zero attached hydrogens (tertiary/aromatic N) is 1. The normalized spacial score (nSPS) is 19.9. The highest BCUT2D eigenvalue weighted by Crippen LogP contribution is 2.24. The molecule has 1 saturated heterocycles. The number of amides is 1. The molecule has 1 aromatic heterocycles. The van der Waals surface area contributed by atoms with Crippen LogP contribution in [0.4, 0.5) is 0 Å². The highest BCUT2D eigenvalue weighted by molar-refractivity contribution is 7.99. The molecule has 1 aromatic rings. The maximum atomic E-state index is 11.8. The summed E-state index contributed by atoms with van der Waals surface area (Å²) < 4.78 is 0. The smallest absolute Gasteiger partial charge is 0.251 e. The molecule has 17 heavy (non-hydrogen) atoms. The van der Waals surface area contributed by atoms with Gasteiger partial charge in [0.25, 0.3) is 5.91 Å². The molecule has 0 saturated carbocycles. The topological polar surface area (TPSA) is 42.0 Å². The van der Waals surface area contributed by atoms with Crippen LogP contribution in [0.3, 0.4) is 0 Å². The molecule has 1 aliphatic heterocycles. The first-order valence-electron chi connectivity index (χ1n) is 5.77. The Morgan fingerprint density at radius 1 is 1.59 bits per heavy atom. The first kappa shape index (κ1) is 12.7. The molecule has 0 spiro atoms. The second-order valence-electron chi connectivity index (χ2n) is 4.07. The number of thioether (sulfide) groups is 1. The Hall–Kier alpha value is -0.740. The van der Waals surface area contributed by atoms with E-state index in [1.807, 2.05) is 11.8 Å². The van der Waals surface area contributed by atoms with Gasteiger partial charge in [-0.25, -0.2) is 4.98 Å². The van der Waals surface area contributed by atoms with Crippen LogP contribution in [0, 0.1) is 0 Å². The lowest BCUT2D eigenvalue weighted by Gasteiger charge is -2.21. The van der Waals surface area contributed by atoms with Crippen LogP contribution in [-0.4, -0.2) is 28.4 Å². The zero-order valence-corrected chi connectivity index (χ0v) is 11.1. The molecule has 0 radical (unpaired) electrons. The van der Waals surface area contributed by atoms with Crippen LogP contribution in [0.15, 0.2) is 18.3 Å². The molecule has 1 fully saturated rings. The van der Waals surface area contributed by atoms with Crippen molar-refractivity contribution in [1.82, 2.24) is 10.3 Å². The fourth-order valence-electron chi connectivity index (χ4n) is 1.82. The molecule has 5 heteroatoms. The van der Waals surface area contributed by atoms with Gasteiger partial charge in [0, 0.05) is 23.6 Å². The first-order chi connectivity index (χ1) is 8.25. The molecule has 2 rings (SSSR count). The molecular formula is C12H15ClN2OS. The van der Waals surface area contributed by atoms with Crippen molar-refractivity contribution in [2.45, 2.75) is 24.5 Å². The molecular weight excluding hydrogens is 256 g/mol. The number of hydrogen-bond acceptors (Lipinski definition) is 3. The average Bonchev–Trinajstić information content (AvgIpc) is 2.37. The van der Waals surface area contributed by atoms with Gasteiger partial charge in [0.2, 0.25) is 0 Å². The molecule has 92 valence electrons. The Morgan fingerprint density at radius 3 is 3.18 bits per heavy atom. The highest BCUT2D eigenvalue weighted by atomic mass is 35.5. The third-order valence-electron chi connectivity index (χ3n) is 2.75. The van der Waals surface area contributed by atoms with Gasteiger partial charge in [-0.2, -0.15) is 11.8 Å². The molecule has 1 aliphatic rings. The van der Waals surface area contributed by atoms with E-state index in [-0.39, 0.29) is 5.91 Å². The van der Waals surface area contributed by atoms with E-state index in [2.05, 4.69) is 10.3 Å². The predicted molar refractivity (Wildman–Crippen MR) is 71.7 cm³/mol. The van der Waals surface area contributed by atoms with Crippen LogP contribution in [0.1, 0.15) is 29.6 Å². The second-order valence-corrected chi connectivity index (χ2v) is 5.86. The third-order valence-corrected chi connectivity index (χ3v) is 4.36. The van der Waals surface area contributed by atoms with Crippen LogP contribution in [-0.2, 0) is 0 Å². The molecule has 1 unspecified atom stereocenters. The van der Waals surface area contributed by atoms with E-state index in [4.69, 9.17) is 11.6 Å². The zero-order chi connectivity index (χ0) is 12.1. The lowest BCUT2D eigenvalue weighted by molar-refractivity contribution is 0.0953. The van der Waals surface area contributed by atoms with Gasteiger partial charge < -0.3 is 5.32 Å². The minimum atomic E-state index is -0.0690. The van der Waals surface area contributed by atoms with Crippen LogP contribution in [0.25, 0.3) is 0 Å². The Bertz CT molecular complexity index is 394. The number of hydrogen-bond donors (Lipinski definition) is 1. The van der Waals surface area contributed by atoms with E-state index in [0.29, 0.717) is 16.0 Å². The summed E-state index contributed by atoms with van der Waals surface area (Å²) >= 11 is 7.69. The van der Waals surface area contributed by atoms with Crippen molar-refractivity contribution < 1.29 is 4.79 Å². The SMILES string of the molecule is O=C(NCC1CCCCS1)c1ccnc(Cl)c1. The summed E-state index contributed by atoms with van der Waals surface area (Å²) in [5.41, 5.74) is 0.575. The van der Waals surface area contributed by atoms with E-state index in [1.165, 1.54) is 25.0 Å². The van der Waals surface area contributed by atoms with Gasteiger partial charge in [-0.05, 0) is 30.7 Å². The molecule has 1 N–H and O–H groups in total. The Kier molecular flexibility index (Phi) is 4.68. The minimum Gasteiger partial charge on any atom is -0.351 e. The summed E-state index contributed by atoms with van der Waals surface area (Å²) in [7, 11) is 0. The summed E-state index contributed by atoms with van der Waals surface area (Å²) in [6.07, 6.45) is 5.32. The molecule has 0 aliphatic carbocycles. The summed E-state index contributed by atoms with van der Waals surface area (Å²) in [5.74, 6) is 1.14. The number of halogens is 1. The van der Waals surface area contributed by atoms with Gasteiger partial charge in [0.15, 0.2) is 0 Å². The van der Waals surface area contributed by atoms with Crippen LogP contribution in [0.2, 0.25) is 5.15 Å². The van der Waals surface area contributed by atoms with Crippen molar-refractivity contribution in [2.24, 2.45) is 0 Å². The van der Waals surface area contributed by atoms with Crippen molar-refractivity contribution >= 4 is 29.3 Å². The van der Waals surface area contributed by atoms with Gasteiger partial charge in [-0.1, -0.05) is 18.0 Å².